The number of aromatic nitrogens is 2. The Kier molecular flexibility index (Phi) is 6.07. The number of carbonyl (C=O) groups is 1. The number of hydrogen-bond donors (Lipinski definition) is 0. The van der Waals surface area contributed by atoms with E-state index in [1.165, 1.54) is 19.3 Å². The number of piperidine rings is 1. The van der Waals surface area contributed by atoms with Gasteiger partial charge in [-0.2, -0.15) is 0 Å². The van der Waals surface area contributed by atoms with Gasteiger partial charge in [0.05, 0.1) is 17.3 Å². The van der Waals surface area contributed by atoms with Gasteiger partial charge in [-0.05, 0) is 63.2 Å². The predicted octanol–water partition coefficient (Wildman–Crippen LogP) is 4.10. The standard InChI is InChI=1S/C25H30ClN5O/c1-19-25(27-23-7-3-6-12-31(19)23)21-17-20(8-9-22(21)26)29-13-15-30(16-14-29)24(32)18-28-10-4-2-5-11-28/h3,6-9,12,17H,2,4-5,10-11,13-16,18H2,1H3. The van der Waals surface area contributed by atoms with Crippen molar-refractivity contribution in [3.05, 3.63) is 53.3 Å². The number of halogens is 1. The first-order valence-electron chi connectivity index (χ1n) is 11.6. The van der Waals surface area contributed by atoms with Gasteiger partial charge in [0, 0.05) is 49.3 Å². The van der Waals surface area contributed by atoms with Crippen molar-refractivity contribution in [3.63, 3.8) is 0 Å². The molecule has 0 aliphatic carbocycles. The fourth-order valence-corrected chi connectivity index (χ4v) is 5.09. The number of benzene rings is 1. The second-order valence-corrected chi connectivity index (χ2v) is 9.25. The van der Waals surface area contributed by atoms with Gasteiger partial charge in [-0.15, -0.1) is 0 Å². The maximum absolute atomic E-state index is 12.8. The minimum Gasteiger partial charge on any atom is -0.368 e. The van der Waals surface area contributed by atoms with Crippen LogP contribution in [0.25, 0.3) is 16.9 Å². The Hall–Kier alpha value is -2.57. The van der Waals surface area contributed by atoms with Gasteiger partial charge in [0.2, 0.25) is 5.91 Å². The van der Waals surface area contributed by atoms with Crippen LogP contribution in [-0.4, -0.2) is 70.9 Å². The van der Waals surface area contributed by atoms with Crippen molar-refractivity contribution in [2.75, 3.05) is 50.7 Å². The van der Waals surface area contributed by atoms with Crippen LogP contribution in [0.3, 0.4) is 0 Å². The van der Waals surface area contributed by atoms with Crippen LogP contribution in [-0.2, 0) is 4.79 Å². The number of nitrogens with zero attached hydrogens (tertiary/aromatic N) is 5. The van der Waals surface area contributed by atoms with Crippen molar-refractivity contribution in [3.8, 4) is 11.3 Å². The summed E-state index contributed by atoms with van der Waals surface area (Å²) in [5.41, 5.74) is 4.99. The number of amides is 1. The van der Waals surface area contributed by atoms with Gasteiger partial charge in [-0.3, -0.25) is 9.69 Å². The molecule has 32 heavy (non-hydrogen) atoms. The topological polar surface area (TPSA) is 44.1 Å². The molecule has 3 aromatic rings. The molecule has 168 valence electrons. The molecule has 2 aliphatic heterocycles. The first-order valence-corrected chi connectivity index (χ1v) is 12.0. The molecule has 0 bridgehead atoms. The second kappa shape index (κ2) is 9.12. The normalized spacial score (nSPS) is 17.8. The lowest BCUT2D eigenvalue weighted by Crippen LogP contribution is -2.51. The fraction of sp³-hybridized carbons (Fsp3) is 0.440. The van der Waals surface area contributed by atoms with Gasteiger partial charge in [-0.25, -0.2) is 4.98 Å². The monoisotopic (exact) mass is 451 g/mol. The number of fused-ring (bicyclic) bond motifs is 1. The number of aryl methyl sites for hydroxylation is 1. The third-order valence-electron chi connectivity index (χ3n) is 6.78. The van der Waals surface area contributed by atoms with E-state index < -0.39 is 0 Å². The highest BCUT2D eigenvalue weighted by Crippen LogP contribution is 2.34. The average molecular weight is 452 g/mol. The molecule has 6 nitrogen and oxygen atoms in total. The highest BCUT2D eigenvalue weighted by Gasteiger charge is 2.24. The molecule has 2 aromatic heterocycles. The SMILES string of the molecule is Cc1c(-c2cc(N3CCN(C(=O)CN4CCCCC4)CC3)ccc2Cl)nc2ccccn12. The number of rotatable bonds is 4. The zero-order chi connectivity index (χ0) is 22.1. The third-order valence-corrected chi connectivity index (χ3v) is 7.11. The summed E-state index contributed by atoms with van der Waals surface area (Å²) in [5, 5.41) is 0.704. The van der Waals surface area contributed by atoms with Crippen LogP contribution in [0.5, 0.6) is 0 Å². The summed E-state index contributed by atoms with van der Waals surface area (Å²) in [5.74, 6) is 0.267. The molecule has 0 unspecified atom stereocenters. The zero-order valence-corrected chi connectivity index (χ0v) is 19.4. The number of likely N-dealkylation sites (tertiary alicyclic amines) is 1. The molecule has 0 saturated carbocycles. The molecule has 0 radical (unpaired) electrons. The highest BCUT2D eigenvalue weighted by molar-refractivity contribution is 6.33. The number of pyridine rings is 1. The van der Waals surface area contributed by atoms with Crippen LogP contribution < -0.4 is 4.90 Å². The second-order valence-electron chi connectivity index (χ2n) is 8.84. The summed E-state index contributed by atoms with van der Waals surface area (Å²) in [6, 6.07) is 12.2. The molecular formula is C25H30ClN5O. The summed E-state index contributed by atoms with van der Waals surface area (Å²) in [6.45, 7) is 7.94. The van der Waals surface area contributed by atoms with Crippen LogP contribution in [0, 0.1) is 6.92 Å². The molecular weight excluding hydrogens is 422 g/mol. The van der Waals surface area contributed by atoms with Crippen molar-refractivity contribution >= 4 is 28.8 Å². The molecule has 5 rings (SSSR count). The summed E-state index contributed by atoms with van der Waals surface area (Å²) in [6.07, 6.45) is 5.75. The van der Waals surface area contributed by atoms with E-state index in [-0.39, 0.29) is 5.91 Å². The quantitative estimate of drug-likeness (QED) is 0.599. The Morgan fingerprint density at radius 3 is 2.53 bits per heavy atom. The molecule has 0 spiro atoms. The smallest absolute Gasteiger partial charge is 0.236 e. The van der Waals surface area contributed by atoms with Crippen LogP contribution in [0.15, 0.2) is 42.6 Å². The molecule has 0 N–H and O–H groups in total. The van der Waals surface area contributed by atoms with Gasteiger partial charge in [0.15, 0.2) is 0 Å². The summed E-state index contributed by atoms with van der Waals surface area (Å²) in [4.78, 5) is 24.2. The summed E-state index contributed by atoms with van der Waals surface area (Å²) < 4.78 is 2.09. The number of hydrogen-bond acceptors (Lipinski definition) is 4. The predicted molar refractivity (Wildman–Crippen MR) is 129 cm³/mol. The van der Waals surface area contributed by atoms with Gasteiger partial charge in [-0.1, -0.05) is 24.1 Å². The Bertz CT molecular complexity index is 1110. The Balaban J connectivity index is 1.29. The highest BCUT2D eigenvalue weighted by atomic mass is 35.5. The molecule has 0 atom stereocenters. The van der Waals surface area contributed by atoms with Crippen LogP contribution in [0.1, 0.15) is 25.0 Å². The maximum atomic E-state index is 12.8. The van der Waals surface area contributed by atoms with E-state index in [4.69, 9.17) is 16.6 Å². The lowest BCUT2D eigenvalue weighted by Gasteiger charge is -2.37. The third kappa shape index (κ3) is 4.21. The van der Waals surface area contributed by atoms with Gasteiger partial charge >= 0.3 is 0 Å². The van der Waals surface area contributed by atoms with E-state index in [0.717, 1.165) is 67.6 Å². The Morgan fingerprint density at radius 2 is 1.78 bits per heavy atom. The lowest BCUT2D eigenvalue weighted by atomic mass is 10.1. The molecule has 4 heterocycles. The van der Waals surface area contributed by atoms with Crippen LogP contribution in [0.2, 0.25) is 5.02 Å². The van der Waals surface area contributed by atoms with Gasteiger partial charge in [0.1, 0.15) is 5.65 Å². The largest absolute Gasteiger partial charge is 0.368 e. The van der Waals surface area contributed by atoms with Crippen molar-refractivity contribution in [2.24, 2.45) is 0 Å². The summed E-state index contributed by atoms with van der Waals surface area (Å²) >= 11 is 6.60. The van der Waals surface area contributed by atoms with E-state index in [2.05, 4.69) is 33.3 Å². The van der Waals surface area contributed by atoms with E-state index >= 15 is 0 Å². The van der Waals surface area contributed by atoms with E-state index in [0.29, 0.717) is 11.6 Å². The summed E-state index contributed by atoms with van der Waals surface area (Å²) in [7, 11) is 0. The van der Waals surface area contributed by atoms with E-state index in [9.17, 15) is 4.79 Å². The molecule has 2 aliphatic rings. The lowest BCUT2D eigenvalue weighted by molar-refractivity contribution is -0.132. The van der Waals surface area contributed by atoms with Gasteiger partial charge < -0.3 is 14.2 Å². The van der Waals surface area contributed by atoms with Crippen molar-refractivity contribution in [1.82, 2.24) is 19.2 Å². The molecule has 1 aromatic carbocycles. The number of carbonyl (C=O) groups excluding carboxylic acids is 1. The number of imidazole rings is 1. The first kappa shape index (κ1) is 21.3. The average Bonchev–Trinajstić information content (AvgIpc) is 3.16. The first-order chi connectivity index (χ1) is 15.6. The molecule has 2 saturated heterocycles. The van der Waals surface area contributed by atoms with E-state index in [1.54, 1.807) is 0 Å². The number of piperazine rings is 1. The Morgan fingerprint density at radius 1 is 1.00 bits per heavy atom. The molecule has 1 amide bonds. The molecule has 2 fully saturated rings. The minimum absolute atomic E-state index is 0.267. The van der Waals surface area contributed by atoms with Gasteiger partial charge in [0.25, 0.3) is 0 Å². The van der Waals surface area contributed by atoms with Crippen LogP contribution >= 0.6 is 11.6 Å². The minimum atomic E-state index is 0.267. The molecule has 7 heteroatoms. The Labute approximate surface area is 194 Å². The van der Waals surface area contributed by atoms with E-state index in [1.807, 2.05) is 35.4 Å². The van der Waals surface area contributed by atoms with Crippen molar-refractivity contribution in [2.45, 2.75) is 26.2 Å². The zero-order valence-electron chi connectivity index (χ0n) is 18.6. The van der Waals surface area contributed by atoms with Crippen LogP contribution in [0.4, 0.5) is 5.69 Å². The van der Waals surface area contributed by atoms with Crippen molar-refractivity contribution < 1.29 is 4.79 Å². The maximum Gasteiger partial charge on any atom is 0.236 e. The van der Waals surface area contributed by atoms with Crippen molar-refractivity contribution in [1.29, 1.82) is 0 Å². The number of anilines is 1. The fourth-order valence-electron chi connectivity index (χ4n) is 4.89.